The number of carboxylic acids is 1. The van der Waals surface area contributed by atoms with Gasteiger partial charge in [0.05, 0.1) is 23.8 Å². The van der Waals surface area contributed by atoms with Crippen molar-refractivity contribution in [2.45, 2.75) is 12.2 Å². The minimum atomic E-state index is -0.946. The molecule has 1 aromatic rings. The summed E-state index contributed by atoms with van der Waals surface area (Å²) in [6.45, 7) is 1.53. The Balaban J connectivity index is 2.62. The topological polar surface area (TPSA) is 75.6 Å². The normalized spacial score (nSPS) is 11.7. The predicted molar refractivity (Wildman–Crippen MR) is 76.2 cm³/mol. The molecular formula is C12H14ClNO4S. The van der Waals surface area contributed by atoms with Crippen molar-refractivity contribution in [1.29, 1.82) is 0 Å². The van der Waals surface area contributed by atoms with E-state index in [1.54, 1.807) is 18.2 Å². The quantitative estimate of drug-likeness (QED) is 0.844. The van der Waals surface area contributed by atoms with Gasteiger partial charge in [-0.1, -0.05) is 11.6 Å². The molecule has 1 aromatic carbocycles. The highest BCUT2D eigenvalue weighted by molar-refractivity contribution is 8.01. The smallest absolute Gasteiger partial charge is 0.316 e. The van der Waals surface area contributed by atoms with Crippen molar-refractivity contribution < 1.29 is 19.4 Å². The molecule has 7 heteroatoms. The molecular weight excluding hydrogens is 290 g/mol. The molecule has 1 amide bonds. The highest BCUT2D eigenvalue weighted by Gasteiger charge is 2.14. The van der Waals surface area contributed by atoms with E-state index >= 15 is 0 Å². The predicted octanol–water partition coefficient (Wildman–Crippen LogP) is 2.49. The fraction of sp³-hybridized carbons (Fsp3) is 0.333. The lowest BCUT2D eigenvalue weighted by Gasteiger charge is -2.11. The number of nitrogens with one attached hydrogen (secondary N) is 1. The number of carbonyl (C=O) groups excluding carboxylic acids is 1. The molecule has 0 aliphatic rings. The summed E-state index contributed by atoms with van der Waals surface area (Å²) in [5, 5.41) is 11.2. The lowest BCUT2D eigenvalue weighted by molar-refractivity contribution is -0.136. The van der Waals surface area contributed by atoms with Crippen LogP contribution in [0.3, 0.4) is 0 Å². The number of anilines is 1. The van der Waals surface area contributed by atoms with Gasteiger partial charge in [-0.25, -0.2) is 0 Å². The third kappa shape index (κ3) is 5.00. The van der Waals surface area contributed by atoms with Crippen LogP contribution in [0.4, 0.5) is 5.69 Å². The molecule has 0 bridgehead atoms. The second-order valence-corrected chi connectivity index (χ2v) is 5.45. The van der Waals surface area contributed by atoms with Gasteiger partial charge in [0.2, 0.25) is 5.91 Å². The second-order valence-electron chi connectivity index (χ2n) is 3.68. The summed E-state index contributed by atoms with van der Waals surface area (Å²) in [4.78, 5) is 22.3. The van der Waals surface area contributed by atoms with Crippen molar-refractivity contribution in [3.8, 4) is 5.75 Å². The number of hydrogen-bond donors (Lipinski definition) is 2. The number of benzene rings is 1. The van der Waals surface area contributed by atoms with Crippen LogP contribution in [0.25, 0.3) is 0 Å². The largest absolute Gasteiger partial charge is 0.495 e. The fourth-order valence-corrected chi connectivity index (χ4v) is 2.02. The SMILES string of the molecule is COc1ccc(Cl)cc1NC(=O)CSC(C)C(=O)O. The summed E-state index contributed by atoms with van der Waals surface area (Å²) in [5.74, 6) is -0.714. The number of aliphatic carboxylic acids is 1. The summed E-state index contributed by atoms with van der Waals surface area (Å²) in [7, 11) is 1.49. The van der Waals surface area contributed by atoms with Gasteiger partial charge >= 0.3 is 5.97 Å². The molecule has 1 rings (SSSR count). The number of methoxy groups -OCH3 is 1. The number of halogens is 1. The van der Waals surface area contributed by atoms with Crippen molar-refractivity contribution in [2.24, 2.45) is 0 Å². The summed E-state index contributed by atoms with van der Waals surface area (Å²) >= 11 is 6.88. The van der Waals surface area contributed by atoms with Crippen LogP contribution in [0.2, 0.25) is 5.02 Å². The van der Waals surface area contributed by atoms with E-state index in [1.807, 2.05) is 0 Å². The third-order valence-corrected chi connectivity index (χ3v) is 3.61. The van der Waals surface area contributed by atoms with Crippen LogP contribution in [0.15, 0.2) is 18.2 Å². The standard InChI is InChI=1S/C12H14ClNO4S/c1-7(12(16)17)19-6-11(15)14-9-5-8(13)3-4-10(9)18-2/h3-5,7H,6H2,1-2H3,(H,14,15)(H,16,17). The molecule has 1 atom stereocenters. The molecule has 5 nitrogen and oxygen atoms in total. The van der Waals surface area contributed by atoms with Gasteiger partial charge in [0.25, 0.3) is 0 Å². The Morgan fingerprint density at radius 3 is 2.79 bits per heavy atom. The van der Waals surface area contributed by atoms with Gasteiger partial charge in [-0.05, 0) is 25.1 Å². The number of rotatable bonds is 6. The molecule has 0 aromatic heterocycles. The Bertz CT molecular complexity index is 481. The number of carbonyl (C=O) groups is 2. The summed E-state index contributed by atoms with van der Waals surface area (Å²) in [6.07, 6.45) is 0. The van der Waals surface area contributed by atoms with Crippen LogP contribution in [0, 0.1) is 0 Å². The molecule has 0 aliphatic carbocycles. The van der Waals surface area contributed by atoms with Gasteiger partial charge in [-0.15, -0.1) is 11.8 Å². The van der Waals surface area contributed by atoms with E-state index in [4.69, 9.17) is 21.4 Å². The number of thioether (sulfide) groups is 1. The first-order valence-electron chi connectivity index (χ1n) is 5.42. The molecule has 0 fully saturated rings. The zero-order valence-electron chi connectivity index (χ0n) is 10.5. The summed E-state index contributed by atoms with van der Waals surface area (Å²) in [5.41, 5.74) is 0.462. The van der Waals surface area contributed by atoms with E-state index < -0.39 is 11.2 Å². The summed E-state index contributed by atoms with van der Waals surface area (Å²) < 4.78 is 5.09. The van der Waals surface area contributed by atoms with E-state index in [1.165, 1.54) is 14.0 Å². The minimum absolute atomic E-state index is 0.0448. The molecule has 0 spiro atoms. The zero-order chi connectivity index (χ0) is 14.4. The van der Waals surface area contributed by atoms with Gasteiger partial charge in [-0.2, -0.15) is 0 Å². The first kappa shape index (κ1) is 15.7. The molecule has 0 saturated carbocycles. The first-order chi connectivity index (χ1) is 8.93. The van der Waals surface area contributed by atoms with E-state index in [-0.39, 0.29) is 11.7 Å². The number of carboxylic acid groups (broad SMARTS) is 1. The highest BCUT2D eigenvalue weighted by atomic mass is 35.5. The van der Waals surface area contributed by atoms with Crippen LogP contribution in [0.1, 0.15) is 6.92 Å². The Hall–Kier alpha value is -1.40. The maximum absolute atomic E-state index is 11.7. The molecule has 0 saturated heterocycles. The van der Waals surface area contributed by atoms with Crippen molar-refractivity contribution >= 4 is 40.9 Å². The van der Waals surface area contributed by atoms with Crippen LogP contribution >= 0.6 is 23.4 Å². The van der Waals surface area contributed by atoms with E-state index in [9.17, 15) is 9.59 Å². The van der Waals surface area contributed by atoms with Crippen LogP contribution in [0.5, 0.6) is 5.75 Å². The van der Waals surface area contributed by atoms with Crippen molar-refractivity contribution in [3.63, 3.8) is 0 Å². The maximum Gasteiger partial charge on any atom is 0.316 e. The number of hydrogen-bond acceptors (Lipinski definition) is 4. The third-order valence-electron chi connectivity index (χ3n) is 2.25. The number of ether oxygens (including phenoxy) is 1. The Morgan fingerprint density at radius 1 is 1.53 bits per heavy atom. The highest BCUT2D eigenvalue weighted by Crippen LogP contribution is 2.27. The average molecular weight is 304 g/mol. The lowest BCUT2D eigenvalue weighted by Crippen LogP contribution is -2.19. The van der Waals surface area contributed by atoms with Gasteiger partial charge in [0, 0.05) is 5.02 Å². The maximum atomic E-state index is 11.7. The first-order valence-corrected chi connectivity index (χ1v) is 6.84. The molecule has 0 aliphatic heterocycles. The van der Waals surface area contributed by atoms with Gasteiger partial charge < -0.3 is 15.2 Å². The van der Waals surface area contributed by atoms with Gasteiger partial charge in [0.15, 0.2) is 0 Å². The second kappa shape index (κ2) is 7.25. The molecule has 0 heterocycles. The van der Waals surface area contributed by atoms with Crippen LogP contribution in [-0.4, -0.2) is 35.1 Å². The van der Waals surface area contributed by atoms with Crippen LogP contribution < -0.4 is 10.1 Å². The monoisotopic (exact) mass is 303 g/mol. The lowest BCUT2D eigenvalue weighted by atomic mass is 10.3. The van der Waals surface area contributed by atoms with E-state index in [2.05, 4.69) is 5.32 Å². The summed E-state index contributed by atoms with van der Waals surface area (Å²) in [6, 6.07) is 4.87. The Morgan fingerprint density at radius 2 is 2.21 bits per heavy atom. The van der Waals surface area contributed by atoms with Crippen molar-refractivity contribution in [2.75, 3.05) is 18.2 Å². The molecule has 2 N–H and O–H groups in total. The molecule has 1 unspecified atom stereocenters. The zero-order valence-corrected chi connectivity index (χ0v) is 12.0. The number of amides is 1. The van der Waals surface area contributed by atoms with E-state index in [0.717, 1.165) is 11.8 Å². The molecule has 19 heavy (non-hydrogen) atoms. The average Bonchev–Trinajstić information content (AvgIpc) is 2.36. The van der Waals surface area contributed by atoms with Crippen molar-refractivity contribution in [1.82, 2.24) is 0 Å². The molecule has 0 radical (unpaired) electrons. The van der Waals surface area contributed by atoms with E-state index in [0.29, 0.717) is 16.5 Å². The van der Waals surface area contributed by atoms with Gasteiger partial charge in [0.1, 0.15) is 5.75 Å². The fourth-order valence-electron chi connectivity index (χ4n) is 1.24. The minimum Gasteiger partial charge on any atom is -0.495 e. The van der Waals surface area contributed by atoms with Crippen molar-refractivity contribution in [3.05, 3.63) is 23.2 Å². The van der Waals surface area contributed by atoms with Crippen LogP contribution in [-0.2, 0) is 9.59 Å². The Kier molecular flexibility index (Phi) is 5.98. The Labute approximate surface area is 120 Å². The van der Waals surface area contributed by atoms with Gasteiger partial charge in [-0.3, -0.25) is 9.59 Å². The molecule has 104 valence electrons.